The Bertz CT molecular complexity index is 438. The van der Waals surface area contributed by atoms with Gasteiger partial charge in [-0.3, -0.25) is 9.59 Å². The quantitative estimate of drug-likeness (QED) is 0.841. The first-order chi connectivity index (χ1) is 9.36. The number of amides is 2. The molecule has 2 saturated carbocycles. The van der Waals surface area contributed by atoms with Crippen molar-refractivity contribution in [1.29, 1.82) is 0 Å². The maximum atomic E-state index is 12.9. The fourth-order valence-electron chi connectivity index (χ4n) is 3.85. The first kappa shape index (κ1) is 13.9. The smallest absolute Gasteiger partial charge is 0.249 e. The lowest BCUT2D eigenvalue weighted by molar-refractivity contribution is -0.156. The fourth-order valence-corrected chi connectivity index (χ4v) is 3.85. The highest BCUT2D eigenvalue weighted by Crippen LogP contribution is 2.52. The monoisotopic (exact) mass is 278 g/mol. The summed E-state index contributed by atoms with van der Waals surface area (Å²) in [5.74, 6) is 0.761. The molecule has 3 rings (SSSR count). The summed E-state index contributed by atoms with van der Waals surface area (Å²) in [6.45, 7) is 7.10. The van der Waals surface area contributed by atoms with E-state index in [-0.39, 0.29) is 17.9 Å². The summed E-state index contributed by atoms with van der Waals surface area (Å²) in [7, 11) is 0. The highest BCUT2D eigenvalue weighted by atomic mass is 16.2. The number of carbonyl (C=O) groups is 2. The van der Waals surface area contributed by atoms with Crippen LogP contribution in [0.4, 0.5) is 0 Å². The molecule has 0 aromatic rings. The Morgan fingerprint density at radius 1 is 1.20 bits per heavy atom. The molecule has 1 spiro atoms. The second-order valence-electron chi connectivity index (χ2n) is 7.66. The van der Waals surface area contributed by atoms with Crippen LogP contribution in [-0.2, 0) is 9.59 Å². The predicted octanol–water partition coefficient (Wildman–Crippen LogP) is 2.08. The molecule has 2 unspecified atom stereocenters. The van der Waals surface area contributed by atoms with Crippen molar-refractivity contribution in [3.63, 3.8) is 0 Å². The van der Waals surface area contributed by atoms with Crippen LogP contribution in [-0.4, -0.2) is 34.8 Å². The van der Waals surface area contributed by atoms with Gasteiger partial charge in [0.05, 0.1) is 0 Å². The number of carbonyl (C=O) groups excluding carboxylic acids is 2. The number of rotatable bonds is 2. The Morgan fingerprint density at radius 2 is 1.80 bits per heavy atom. The first-order valence-corrected chi connectivity index (χ1v) is 7.99. The van der Waals surface area contributed by atoms with Crippen LogP contribution in [0.5, 0.6) is 0 Å². The van der Waals surface area contributed by atoms with Crippen LogP contribution < -0.4 is 5.32 Å². The van der Waals surface area contributed by atoms with Crippen molar-refractivity contribution < 1.29 is 9.59 Å². The molecule has 112 valence electrons. The summed E-state index contributed by atoms with van der Waals surface area (Å²) in [5, 5.41) is 3.05. The molecule has 3 fully saturated rings. The van der Waals surface area contributed by atoms with Crippen LogP contribution in [0.1, 0.15) is 59.3 Å². The number of piperazine rings is 1. The molecule has 4 heteroatoms. The maximum absolute atomic E-state index is 12.9. The van der Waals surface area contributed by atoms with E-state index in [4.69, 9.17) is 0 Å². The Kier molecular flexibility index (Phi) is 3.11. The molecule has 0 radical (unpaired) electrons. The Morgan fingerprint density at radius 3 is 2.35 bits per heavy atom. The highest BCUT2D eigenvalue weighted by Gasteiger charge is 2.53. The molecular weight excluding hydrogens is 252 g/mol. The van der Waals surface area contributed by atoms with Gasteiger partial charge < -0.3 is 10.2 Å². The average Bonchev–Trinajstić information content (AvgIpc) is 3.01. The summed E-state index contributed by atoms with van der Waals surface area (Å²) in [6, 6.07) is -0.313. The van der Waals surface area contributed by atoms with Crippen LogP contribution in [0.15, 0.2) is 0 Å². The van der Waals surface area contributed by atoms with Crippen LogP contribution >= 0.6 is 0 Å². The molecule has 1 N–H and O–H groups in total. The lowest BCUT2D eigenvalue weighted by Crippen LogP contribution is -2.70. The third-order valence-electron chi connectivity index (χ3n) is 5.72. The van der Waals surface area contributed by atoms with Crippen molar-refractivity contribution in [3.8, 4) is 0 Å². The van der Waals surface area contributed by atoms with E-state index in [1.54, 1.807) is 0 Å². The molecule has 2 aliphatic carbocycles. The standard InChI is InChI=1S/C16H26N2O2/c1-11-13(19)17-16(7-5-4-6-8-16)14(20)18(11)10-12-9-15(12,2)3/h11-12H,4-10H2,1-3H3,(H,17,19). The maximum Gasteiger partial charge on any atom is 0.249 e. The molecule has 2 amide bonds. The lowest BCUT2D eigenvalue weighted by Gasteiger charge is -2.47. The molecule has 1 saturated heterocycles. The van der Waals surface area contributed by atoms with Gasteiger partial charge in [0.1, 0.15) is 11.6 Å². The molecule has 0 aromatic heterocycles. The van der Waals surface area contributed by atoms with Gasteiger partial charge in [-0.25, -0.2) is 0 Å². The normalized spacial score (nSPS) is 35.0. The molecule has 4 nitrogen and oxygen atoms in total. The number of hydrogen-bond acceptors (Lipinski definition) is 2. The topological polar surface area (TPSA) is 49.4 Å². The van der Waals surface area contributed by atoms with Gasteiger partial charge in [0, 0.05) is 6.54 Å². The van der Waals surface area contributed by atoms with Gasteiger partial charge in [0.25, 0.3) is 0 Å². The SMILES string of the molecule is CC1C(=O)NC2(CCCCC2)C(=O)N1CC1CC1(C)C. The van der Waals surface area contributed by atoms with Gasteiger partial charge in [0.15, 0.2) is 0 Å². The van der Waals surface area contributed by atoms with Gasteiger partial charge in [-0.1, -0.05) is 33.1 Å². The van der Waals surface area contributed by atoms with Crippen LogP contribution in [0, 0.1) is 11.3 Å². The Hall–Kier alpha value is -1.06. The average molecular weight is 278 g/mol. The third kappa shape index (κ3) is 2.13. The largest absolute Gasteiger partial charge is 0.340 e. The van der Waals surface area contributed by atoms with Crippen molar-refractivity contribution in [2.75, 3.05) is 6.54 Å². The van der Waals surface area contributed by atoms with E-state index in [1.165, 1.54) is 6.42 Å². The zero-order chi connectivity index (χ0) is 14.5. The summed E-state index contributed by atoms with van der Waals surface area (Å²) in [4.78, 5) is 27.1. The van der Waals surface area contributed by atoms with Crippen molar-refractivity contribution in [2.24, 2.45) is 11.3 Å². The molecule has 2 atom stereocenters. The van der Waals surface area contributed by atoms with E-state index < -0.39 is 5.54 Å². The minimum atomic E-state index is -0.582. The zero-order valence-electron chi connectivity index (χ0n) is 12.9. The van der Waals surface area contributed by atoms with Gasteiger partial charge in [-0.2, -0.15) is 0 Å². The molecule has 20 heavy (non-hydrogen) atoms. The van der Waals surface area contributed by atoms with Gasteiger partial charge >= 0.3 is 0 Å². The van der Waals surface area contributed by atoms with Crippen molar-refractivity contribution in [1.82, 2.24) is 10.2 Å². The van der Waals surface area contributed by atoms with Crippen LogP contribution in [0.3, 0.4) is 0 Å². The van der Waals surface area contributed by atoms with E-state index in [9.17, 15) is 9.59 Å². The summed E-state index contributed by atoms with van der Waals surface area (Å²) in [6.07, 6.45) is 6.06. The Labute approximate surface area is 121 Å². The van der Waals surface area contributed by atoms with Gasteiger partial charge in [-0.15, -0.1) is 0 Å². The van der Waals surface area contributed by atoms with Gasteiger partial charge in [-0.05, 0) is 37.5 Å². The molecule has 1 heterocycles. The second-order valence-corrected chi connectivity index (χ2v) is 7.66. The molecule has 0 bridgehead atoms. The summed E-state index contributed by atoms with van der Waals surface area (Å²) < 4.78 is 0. The number of nitrogens with zero attached hydrogens (tertiary/aromatic N) is 1. The predicted molar refractivity (Wildman–Crippen MR) is 77.0 cm³/mol. The molecular formula is C16H26N2O2. The van der Waals surface area contributed by atoms with Crippen molar-refractivity contribution >= 4 is 11.8 Å². The van der Waals surface area contributed by atoms with Crippen LogP contribution in [0.25, 0.3) is 0 Å². The third-order valence-corrected chi connectivity index (χ3v) is 5.72. The van der Waals surface area contributed by atoms with Crippen molar-refractivity contribution in [3.05, 3.63) is 0 Å². The second kappa shape index (κ2) is 4.47. The highest BCUT2D eigenvalue weighted by molar-refractivity contribution is 5.99. The minimum absolute atomic E-state index is 0.0324. The fraction of sp³-hybridized carbons (Fsp3) is 0.875. The molecule has 0 aromatic carbocycles. The summed E-state index contributed by atoms with van der Waals surface area (Å²) in [5.41, 5.74) is -0.242. The van der Waals surface area contributed by atoms with E-state index in [1.807, 2.05) is 11.8 Å². The first-order valence-electron chi connectivity index (χ1n) is 7.99. The van der Waals surface area contributed by atoms with E-state index >= 15 is 0 Å². The summed E-state index contributed by atoms with van der Waals surface area (Å²) >= 11 is 0. The number of hydrogen-bond donors (Lipinski definition) is 1. The number of nitrogens with one attached hydrogen (secondary N) is 1. The van der Waals surface area contributed by atoms with E-state index in [0.29, 0.717) is 11.3 Å². The minimum Gasteiger partial charge on any atom is -0.340 e. The van der Waals surface area contributed by atoms with Crippen LogP contribution in [0.2, 0.25) is 0 Å². The lowest BCUT2D eigenvalue weighted by atomic mass is 9.78. The van der Waals surface area contributed by atoms with Crippen molar-refractivity contribution in [2.45, 2.75) is 70.9 Å². The Balaban J connectivity index is 1.80. The van der Waals surface area contributed by atoms with E-state index in [2.05, 4.69) is 19.2 Å². The molecule has 1 aliphatic heterocycles. The van der Waals surface area contributed by atoms with E-state index in [0.717, 1.165) is 38.6 Å². The van der Waals surface area contributed by atoms with Gasteiger partial charge in [0.2, 0.25) is 11.8 Å². The molecule has 3 aliphatic rings. The zero-order valence-corrected chi connectivity index (χ0v) is 12.9.